The summed E-state index contributed by atoms with van der Waals surface area (Å²) in [5.41, 5.74) is 4.15. The Hall–Kier alpha value is -1.38. The van der Waals surface area contributed by atoms with Gasteiger partial charge >= 0.3 is 0 Å². The summed E-state index contributed by atoms with van der Waals surface area (Å²) in [5.74, 6) is 0. The molecule has 1 saturated heterocycles. The Balaban J connectivity index is 1.97. The summed E-state index contributed by atoms with van der Waals surface area (Å²) in [4.78, 5) is 4.06. The molecule has 0 saturated carbocycles. The molecule has 1 aromatic heterocycles. The molecule has 3 rings (SSSR count). The first-order valence-corrected chi connectivity index (χ1v) is 6.94. The van der Waals surface area contributed by atoms with Gasteiger partial charge in [0.1, 0.15) is 0 Å². The minimum Gasteiger partial charge on any atom is -0.315 e. The number of nitrogens with zero attached hydrogens (tertiary/aromatic N) is 1. The highest BCUT2D eigenvalue weighted by atomic mass is 35.5. The topological polar surface area (TPSA) is 24.9 Å². The van der Waals surface area contributed by atoms with Gasteiger partial charge in [-0.3, -0.25) is 4.98 Å². The van der Waals surface area contributed by atoms with Crippen LogP contribution < -0.4 is 5.32 Å². The second kappa shape index (κ2) is 4.95. The molecule has 2 nitrogen and oxygen atoms in total. The zero-order chi connectivity index (χ0) is 13.3. The van der Waals surface area contributed by atoms with Gasteiger partial charge in [0.05, 0.1) is 5.02 Å². The summed E-state index contributed by atoms with van der Waals surface area (Å²) in [5, 5.41) is 4.17. The molecule has 19 heavy (non-hydrogen) atoms. The van der Waals surface area contributed by atoms with Gasteiger partial charge in [0.15, 0.2) is 0 Å². The van der Waals surface area contributed by atoms with E-state index in [2.05, 4.69) is 41.5 Å². The van der Waals surface area contributed by atoms with Crippen LogP contribution in [0.4, 0.5) is 0 Å². The van der Waals surface area contributed by atoms with Crippen LogP contribution in [0.5, 0.6) is 0 Å². The normalized spacial score (nSPS) is 16.9. The highest BCUT2D eigenvalue weighted by molar-refractivity contribution is 6.31. The van der Waals surface area contributed by atoms with Crippen LogP contribution in [0, 0.1) is 6.92 Å². The van der Waals surface area contributed by atoms with Gasteiger partial charge in [0.25, 0.3) is 0 Å². The zero-order valence-corrected chi connectivity index (χ0v) is 11.7. The number of nitrogens with one attached hydrogen (secondary N) is 1. The molecular weight excluding hydrogens is 256 g/mol. The fourth-order valence-corrected chi connectivity index (χ4v) is 3.10. The van der Waals surface area contributed by atoms with Gasteiger partial charge in [-0.1, -0.05) is 35.9 Å². The summed E-state index contributed by atoms with van der Waals surface area (Å²) in [7, 11) is 0. The van der Waals surface area contributed by atoms with E-state index < -0.39 is 0 Å². The van der Waals surface area contributed by atoms with E-state index >= 15 is 0 Å². The standard InChI is InChI=1S/C16H17ClN2/c1-12-4-2-3-5-14(12)16(10-19-11-16)8-13-6-7-18-9-15(13)17/h2-7,9,19H,8,10-11H2,1H3. The van der Waals surface area contributed by atoms with Crippen molar-refractivity contribution in [3.63, 3.8) is 0 Å². The maximum atomic E-state index is 6.26. The summed E-state index contributed by atoms with van der Waals surface area (Å²) >= 11 is 6.26. The monoisotopic (exact) mass is 272 g/mol. The molecule has 0 amide bonds. The molecule has 0 radical (unpaired) electrons. The van der Waals surface area contributed by atoms with Crippen LogP contribution in [0.1, 0.15) is 16.7 Å². The first kappa shape index (κ1) is 12.6. The van der Waals surface area contributed by atoms with Crippen LogP contribution in [-0.2, 0) is 11.8 Å². The zero-order valence-electron chi connectivity index (χ0n) is 11.0. The smallest absolute Gasteiger partial charge is 0.0621 e. The molecule has 1 aliphatic rings. The van der Waals surface area contributed by atoms with Crippen molar-refractivity contribution in [2.75, 3.05) is 13.1 Å². The number of hydrogen-bond acceptors (Lipinski definition) is 2. The van der Waals surface area contributed by atoms with E-state index in [1.807, 2.05) is 12.3 Å². The molecule has 2 heterocycles. The van der Waals surface area contributed by atoms with Crippen molar-refractivity contribution in [2.24, 2.45) is 0 Å². The van der Waals surface area contributed by atoms with Crippen molar-refractivity contribution < 1.29 is 0 Å². The molecule has 0 atom stereocenters. The van der Waals surface area contributed by atoms with Gasteiger partial charge in [-0.2, -0.15) is 0 Å². The molecule has 1 aromatic carbocycles. The molecule has 0 bridgehead atoms. The van der Waals surface area contributed by atoms with Gasteiger partial charge in [-0.05, 0) is 36.1 Å². The minimum atomic E-state index is 0.177. The highest BCUT2D eigenvalue weighted by Crippen LogP contribution is 2.35. The van der Waals surface area contributed by atoms with E-state index in [1.165, 1.54) is 16.7 Å². The number of aromatic nitrogens is 1. The summed E-state index contributed by atoms with van der Waals surface area (Å²) in [6, 6.07) is 10.7. The van der Waals surface area contributed by atoms with Crippen molar-refractivity contribution >= 4 is 11.6 Å². The largest absolute Gasteiger partial charge is 0.315 e. The molecular formula is C16H17ClN2. The Kier molecular flexibility index (Phi) is 3.29. The number of benzene rings is 1. The van der Waals surface area contributed by atoms with Crippen molar-refractivity contribution in [3.8, 4) is 0 Å². The minimum absolute atomic E-state index is 0.177. The molecule has 0 spiro atoms. The van der Waals surface area contributed by atoms with Gasteiger partial charge in [0.2, 0.25) is 0 Å². The maximum absolute atomic E-state index is 6.26. The van der Waals surface area contributed by atoms with Crippen LogP contribution in [0.3, 0.4) is 0 Å². The van der Waals surface area contributed by atoms with Crippen molar-refractivity contribution in [2.45, 2.75) is 18.8 Å². The lowest BCUT2D eigenvalue weighted by Crippen LogP contribution is -2.58. The molecule has 1 N–H and O–H groups in total. The number of halogens is 1. The van der Waals surface area contributed by atoms with Crippen LogP contribution in [-0.4, -0.2) is 18.1 Å². The van der Waals surface area contributed by atoms with E-state index in [9.17, 15) is 0 Å². The number of rotatable bonds is 3. The Labute approximate surface area is 118 Å². The van der Waals surface area contributed by atoms with E-state index in [1.54, 1.807) is 6.20 Å². The molecule has 98 valence electrons. The lowest BCUT2D eigenvalue weighted by atomic mass is 9.69. The SMILES string of the molecule is Cc1ccccc1C1(Cc2ccncc2Cl)CNC1. The van der Waals surface area contributed by atoms with Gasteiger partial charge in [0, 0.05) is 30.9 Å². The molecule has 0 unspecified atom stereocenters. The van der Waals surface area contributed by atoms with Crippen LogP contribution in [0.25, 0.3) is 0 Å². The first-order chi connectivity index (χ1) is 9.21. The fraction of sp³-hybridized carbons (Fsp3) is 0.312. The van der Waals surface area contributed by atoms with Gasteiger partial charge < -0.3 is 5.32 Å². The average Bonchev–Trinajstić information content (AvgIpc) is 2.37. The fourth-order valence-electron chi connectivity index (χ4n) is 2.92. The molecule has 2 aromatic rings. The van der Waals surface area contributed by atoms with Crippen LogP contribution >= 0.6 is 11.6 Å². The Morgan fingerprint density at radius 1 is 1.26 bits per heavy atom. The molecule has 1 fully saturated rings. The van der Waals surface area contributed by atoms with Crippen molar-refractivity contribution in [1.82, 2.24) is 10.3 Å². The van der Waals surface area contributed by atoms with E-state index in [0.717, 1.165) is 24.5 Å². The second-order valence-corrected chi connectivity index (χ2v) is 5.75. The van der Waals surface area contributed by atoms with E-state index in [4.69, 9.17) is 11.6 Å². The number of hydrogen-bond donors (Lipinski definition) is 1. The summed E-state index contributed by atoms with van der Waals surface area (Å²) < 4.78 is 0. The summed E-state index contributed by atoms with van der Waals surface area (Å²) in [6.45, 7) is 4.20. The lowest BCUT2D eigenvalue weighted by molar-refractivity contribution is 0.273. The first-order valence-electron chi connectivity index (χ1n) is 6.56. The quantitative estimate of drug-likeness (QED) is 0.929. The van der Waals surface area contributed by atoms with Crippen LogP contribution in [0.2, 0.25) is 5.02 Å². The number of aryl methyl sites for hydroxylation is 1. The second-order valence-electron chi connectivity index (χ2n) is 5.34. The van der Waals surface area contributed by atoms with Gasteiger partial charge in [-0.15, -0.1) is 0 Å². The Morgan fingerprint density at radius 2 is 2.05 bits per heavy atom. The van der Waals surface area contributed by atoms with E-state index in [-0.39, 0.29) is 5.41 Å². The highest BCUT2D eigenvalue weighted by Gasteiger charge is 2.39. The lowest BCUT2D eigenvalue weighted by Gasteiger charge is -2.44. The predicted molar refractivity (Wildman–Crippen MR) is 78.7 cm³/mol. The van der Waals surface area contributed by atoms with Crippen LogP contribution in [0.15, 0.2) is 42.7 Å². The molecule has 3 heteroatoms. The third-order valence-electron chi connectivity index (χ3n) is 4.03. The average molecular weight is 273 g/mol. The number of pyridine rings is 1. The third kappa shape index (κ3) is 2.26. The molecule has 1 aliphatic heterocycles. The van der Waals surface area contributed by atoms with Crippen molar-refractivity contribution in [3.05, 3.63) is 64.4 Å². The predicted octanol–water partition coefficient (Wildman–Crippen LogP) is 3.13. The maximum Gasteiger partial charge on any atom is 0.0621 e. The molecule has 0 aliphatic carbocycles. The van der Waals surface area contributed by atoms with E-state index in [0.29, 0.717) is 0 Å². The third-order valence-corrected chi connectivity index (χ3v) is 4.37. The Morgan fingerprint density at radius 3 is 2.68 bits per heavy atom. The Bertz CT molecular complexity index is 591. The van der Waals surface area contributed by atoms with Gasteiger partial charge in [-0.25, -0.2) is 0 Å². The van der Waals surface area contributed by atoms with Crippen molar-refractivity contribution in [1.29, 1.82) is 0 Å². The summed E-state index contributed by atoms with van der Waals surface area (Å²) in [6.07, 6.45) is 4.51.